The van der Waals surface area contributed by atoms with Gasteiger partial charge in [0.25, 0.3) is 0 Å². The number of benzene rings is 1. The van der Waals surface area contributed by atoms with Crippen molar-refractivity contribution in [3.63, 3.8) is 0 Å². The second-order valence-electron chi connectivity index (χ2n) is 7.49. The molecule has 3 aromatic rings. The van der Waals surface area contributed by atoms with E-state index in [1.165, 1.54) is 0 Å². The summed E-state index contributed by atoms with van der Waals surface area (Å²) < 4.78 is 5.52. The molecule has 2 heterocycles. The van der Waals surface area contributed by atoms with E-state index in [-0.39, 0.29) is 11.4 Å². The first-order chi connectivity index (χ1) is 12.5. The van der Waals surface area contributed by atoms with Gasteiger partial charge in [-0.25, -0.2) is 9.97 Å². The van der Waals surface area contributed by atoms with Crippen molar-refractivity contribution in [3.05, 3.63) is 53.9 Å². The van der Waals surface area contributed by atoms with Crippen LogP contribution in [0.3, 0.4) is 0 Å². The smallest absolute Gasteiger partial charge is 0.229 e. The third kappa shape index (κ3) is 2.85. The Labute approximate surface area is 152 Å². The summed E-state index contributed by atoms with van der Waals surface area (Å²) in [6.45, 7) is 6.56. The molecule has 6 heteroatoms. The summed E-state index contributed by atoms with van der Waals surface area (Å²) in [5.74, 6) is 2.60. The molecule has 1 aliphatic rings. The van der Waals surface area contributed by atoms with E-state index in [2.05, 4.69) is 60.2 Å². The van der Waals surface area contributed by atoms with Crippen molar-refractivity contribution in [2.75, 3.05) is 5.73 Å². The Bertz CT molecular complexity index is 897. The molecule has 1 fully saturated rings. The van der Waals surface area contributed by atoms with E-state index in [4.69, 9.17) is 15.2 Å². The van der Waals surface area contributed by atoms with Gasteiger partial charge in [0.15, 0.2) is 5.82 Å². The monoisotopic (exact) mass is 349 g/mol. The van der Waals surface area contributed by atoms with Crippen molar-refractivity contribution in [3.8, 4) is 11.1 Å². The number of anilines is 1. The van der Waals surface area contributed by atoms with E-state index >= 15 is 0 Å². The molecule has 0 aliphatic heterocycles. The van der Waals surface area contributed by atoms with Crippen LogP contribution in [0.1, 0.15) is 56.8 Å². The highest BCUT2D eigenvalue weighted by atomic mass is 16.5. The number of nitrogen functional groups attached to an aromatic ring is 1. The topological polar surface area (TPSA) is 90.7 Å². The minimum absolute atomic E-state index is 0.279. The highest BCUT2D eigenvalue weighted by molar-refractivity contribution is 5.62. The van der Waals surface area contributed by atoms with Gasteiger partial charge in [-0.05, 0) is 36.8 Å². The minimum Gasteiger partial charge on any atom is -0.368 e. The van der Waals surface area contributed by atoms with Crippen molar-refractivity contribution in [1.82, 2.24) is 20.1 Å². The maximum atomic E-state index is 5.57. The number of rotatable bonds is 5. The number of hydrogen-bond acceptors (Lipinski definition) is 6. The molecule has 2 N–H and O–H groups in total. The third-order valence-corrected chi connectivity index (χ3v) is 5.48. The highest BCUT2D eigenvalue weighted by Gasteiger charge is 2.39. The van der Waals surface area contributed by atoms with Crippen molar-refractivity contribution in [2.45, 2.75) is 44.9 Å². The molecule has 6 nitrogen and oxygen atoms in total. The fraction of sp³-hybridized carbons (Fsp3) is 0.400. The number of nitrogens with two attached hydrogens (primary N) is 1. The maximum Gasteiger partial charge on any atom is 0.229 e. The minimum atomic E-state index is -0.313. The first-order valence-electron chi connectivity index (χ1n) is 9.01. The fourth-order valence-electron chi connectivity index (χ4n) is 3.16. The lowest BCUT2D eigenvalue weighted by Crippen LogP contribution is -2.31. The van der Waals surface area contributed by atoms with E-state index in [1.807, 2.05) is 0 Å². The van der Waals surface area contributed by atoms with Gasteiger partial charge in [0, 0.05) is 23.9 Å². The summed E-state index contributed by atoms with van der Waals surface area (Å²) in [6.07, 6.45) is 5.77. The standard InChI is InChI=1S/C20H23N5O/c1-12(2)20(3,18-24-17(26-25-18)14-4-5-14)16-8-6-13(7-9-16)15-10-22-19(21)23-11-15/h6-12,14H,4-5H2,1-3H3,(H2,21,22,23). The number of hydrogen-bond donors (Lipinski definition) is 1. The molecule has 0 bridgehead atoms. The van der Waals surface area contributed by atoms with Gasteiger partial charge in [0.1, 0.15) is 0 Å². The average Bonchev–Trinajstić information content (AvgIpc) is 3.38. The van der Waals surface area contributed by atoms with Crippen LogP contribution in [0, 0.1) is 5.92 Å². The van der Waals surface area contributed by atoms with Crippen LogP contribution in [0.15, 0.2) is 41.2 Å². The van der Waals surface area contributed by atoms with Gasteiger partial charge >= 0.3 is 0 Å². The van der Waals surface area contributed by atoms with Gasteiger partial charge in [-0.2, -0.15) is 4.98 Å². The summed E-state index contributed by atoms with van der Waals surface area (Å²) in [4.78, 5) is 12.8. The normalized spacial score (nSPS) is 16.6. The molecule has 1 unspecified atom stereocenters. The molecule has 0 spiro atoms. The summed E-state index contributed by atoms with van der Waals surface area (Å²) >= 11 is 0. The zero-order valence-electron chi connectivity index (χ0n) is 15.3. The van der Waals surface area contributed by atoms with Crippen LogP contribution < -0.4 is 5.73 Å². The Hall–Kier alpha value is -2.76. The SMILES string of the molecule is CC(C)C(C)(c1ccc(-c2cnc(N)nc2)cc1)c1noc(C2CC2)n1. The van der Waals surface area contributed by atoms with Crippen molar-refractivity contribution in [2.24, 2.45) is 5.92 Å². The summed E-state index contributed by atoms with van der Waals surface area (Å²) in [5, 5.41) is 4.32. The third-order valence-electron chi connectivity index (χ3n) is 5.48. The Kier molecular flexibility index (Phi) is 3.98. The molecule has 1 saturated carbocycles. The second-order valence-corrected chi connectivity index (χ2v) is 7.49. The van der Waals surface area contributed by atoms with Gasteiger partial charge in [0.05, 0.1) is 5.41 Å². The molecule has 0 radical (unpaired) electrons. The Morgan fingerprint density at radius 1 is 1.08 bits per heavy atom. The van der Waals surface area contributed by atoms with Crippen LogP contribution in [0.2, 0.25) is 0 Å². The molecule has 26 heavy (non-hydrogen) atoms. The quantitative estimate of drug-likeness (QED) is 0.750. The highest BCUT2D eigenvalue weighted by Crippen LogP contribution is 2.42. The lowest BCUT2D eigenvalue weighted by atomic mass is 9.72. The zero-order valence-corrected chi connectivity index (χ0v) is 15.3. The molecule has 4 rings (SSSR count). The Morgan fingerprint density at radius 2 is 1.73 bits per heavy atom. The summed E-state index contributed by atoms with van der Waals surface area (Å²) in [6, 6.07) is 8.40. The maximum absolute atomic E-state index is 5.57. The molecule has 0 amide bonds. The molecule has 134 valence electrons. The first-order valence-corrected chi connectivity index (χ1v) is 9.01. The van der Waals surface area contributed by atoms with Gasteiger partial charge in [-0.3, -0.25) is 0 Å². The largest absolute Gasteiger partial charge is 0.368 e. The van der Waals surface area contributed by atoms with Crippen LogP contribution in [0.4, 0.5) is 5.95 Å². The second kappa shape index (κ2) is 6.20. The van der Waals surface area contributed by atoms with E-state index < -0.39 is 0 Å². The zero-order chi connectivity index (χ0) is 18.3. The average molecular weight is 349 g/mol. The van der Waals surface area contributed by atoms with E-state index in [1.54, 1.807) is 12.4 Å². The van der Waals surface area contributed by atoms with E-state index in [0.29, 0.717) is 11.8 Å². The molecular formula is C20H23N5O. The fourth-order valence-corrected chi connectivity index (χ4v) is 3.16. The van der Waals surface area contributed by atoms with Crippen molar-refractivity contribution in [1.29, 1.82) is 0 Å². The van der Waals surface area contributed by atoms with Gasteiger partial charge in [-0.1, -0.05) is 43.3 Å². The van der Waals surface area contributed by atoms with Gasteiger partial charge < -0.3 is 10.3 Å². The van der Waals surface area contributed by atoms with Gasteiger partial charge in [0.2, 0.25) is 11.8 Å². The lowest BCUT2D eigenvalue weighted by Gasteiger charge is -2.31. The van der Waals surface area contributed by atoms with Crippen molar-refractivity contribution < 1.29 is 4.52 Å². The molecule has 1 atom stereocenters. The number of nitrogens with zero attached hydrogens (tertiary/aromatic N) is 4. The van der Waals surface area contributed by atoms with Crippen LogP contribution in [0.25, 0.3) is 11.1 Å². The molecule has 1 aliphatic carbocycles. The van der Waals surface area contributed by atoms with Crippen LogP contribution >= 0.6 is 0 Å². The molecule has 0 saturated heterocycles. The Morgan fingerprint density at radius 3 is 2.31 bits per heavy atom. The van der Waals surface area contributed by atoms with Gasteiger partial charge in [-0.15, -0.1) is 0 Å². The first kappa shape index (κ1) is 16.7. The van der Waals surface area contributed by atoms with Crippen molar-refractivity contribution >= 4 is 5.95 Å². The summed E-state index contributed by atoms with van der Waals surface area (Å²) in [5.41, 5.74) is 8.40. The van der Waals surface area contributed by atoms with Crippen LogP contribution in [-0.2, 0) is 5.41 Å². The molecule has 1 aromatic carbocycles. The van der Waals surface area contributed by atoms with Crippen LogP contribution in [-0.4, -0.2) is 20.1 Å². The molecule has 2 aromatic heterocycles. The Balaban J connectivity index is 1.68. The lowest BCUT2D eigenvalue weighted by molar-refractivity contribution is 0.337. The van der Waals surface area contributed by atoms with Crippen LogP contribution in [0.5, 0.6) is 0 Å². The molecular weight excluding hydrogens is 326 g/mol. The predicted molar refractivity (Wildman–Crippen MR) is 99.4 cm³/mol. The summed E-state index contributed by atoms with van der Waals surface area (Å²) in [7, 11) is 0. The van der Waals surface area contributed by atoms with E-state index in [0.717, 1.165) is 41.2 Å². The number of aromatic nitrogens is 4. The predicted octanol–water partition coefficient (Wildman–Crippen LogP) is 3.95. The van der Waals surface area contributed by atoms with E-state index in [9.17, 15) is 0 Å².